The van der Waals surface area contributed by atoms with E-state index in [-0.39, 0.29) is 16.7 Å². The van der Waals surface area contributed by atoms with E-state index >= 15 is 0 Å². The van der Waals surface area contributed by atoms with E-state index in [0.717, 1.165) is 12.3 Å². The Morgan fingerprint density at radius 1 is 1.44 bits per heavy atom. The van der Waals surface area contributed by atoms with Crippen LogP contribution in [-0.4, -0.2) is 37.6 Å². The van der Waals surface area contributed by atoms with Gasteiger partial charge in [-0.05, 0) is 11.6 Å². The third-order valence-electron chi connectivity index (χ3n) is 2.37. The van der Waals surface area contributed by atoms with Crippen molar-refractivity contribution in [3.8, 4) is 0 Å². The Bertz CT molecular complexity index is 580. The fraction of sp³-hybridized carbons (Fsp3) is 0.333. The van der Waals surface area contributed by atoms with Gasteiger partial charge in [-0.1, -0.05) is 0 Å². The lowest BCUT2D eigenvalue weighted by Crippen LogP contribution is -2.23. The van der Waals surface area contributed by atoms with Crippen molar-refractivity contribution < 1.29 is 23.1 Å². The van der Waals surface area contributed by atoms with E-state index in [9.17, 15) is 18.0 Å². The monoisotopic (exact) mass is 260 g/mol. The molecule has 0 aliphatic rings. The molecule has 6 nitrogen and oxygen atoms in total. The van der Waals surface area contributed by atoms with Crippen LogP contribution >= 0.6 is 0 Å². The Hall–Kier alpha value is -2.19. The van der Waals surface area contributed by atoms with Crippen molar-refractivity contribution in [3.63, 3.8) is 0 Å². The highest BCUT2D eigenvalue weighted by atomic mass is 19.4. The molecule has 2 rings (SSSR count). The summed E-state index contributed by atoms with van der Waals surface area (Å²) < 4.78 is 38.3. The van der Waals surface area contributed by atoms with Crippen molar-refractivity contribution in [2.75, 3.05) is 0 Å². The Kier molecular flexibility index (Phi) is 2.89. The molecule has 0 saturated carbocycles. The number of aromatic amines is 1. The minimum atomic E-state index is -4.66. The molecule has 2 aromatic heterocycles. The summed E-state index contributed by atoms with van der Waals surface area (Å²) in [4.78, 5) is 14.2. The third kappa shape index (κ3) is 2.39. The van der Waals surface area contributed by atoms with Gasteiger partial charge in [0.05, 0.1) is 12.3 Å². The zero-order valence-corrected chi connectivity index (χ0v) is 8.77. The van der Waals surface area contributed by atoms with Crippen molar-refractivity contribution in [1.29, 1.82) is 0 Å². The number of aromatic nitrogens is 4. The van der Waals surface area contributed by atoms with E-state index in [1.54, 1.807) is 0 Å². The molecule has 0 aliphatic carbocycles. The number of alkyl halides is 3. The van der Waals surface area contributed by atoms with Crippen molar-refractivity contribution in [2.24, 2.45) is 0 Å². The van der Waals surface area contributed by atoms with Gasteiger partial charge in [0, 0.05) is 6.20 Å². The minimum Gasteiger partial charge on any atom is -0.481 e. The number of fused-ring (bicyclic) bond motifs is 1. The molecule has 9 heteroatoms. The maximum absolute atomic E-state index is 12.8. The van der Waals surface area contributed by atoms with Crippen molar-refractivity contribution in [2.45, 2.75) is 18.5 Å². The Labute approximate surface area is 97.8 Å². The van der Waals surface area contributed by atoms with E-state index in [1.165, 1.54) is 0 Å². The molecule has 2 heterocycles. The van der Waals surface area contributed by atoms with E-state index in [0.29, 0.717) is 0 Å². The highest BCUT2D eigenvalue weighted by Gasteiger charge is 2.42. The SMILES string of the molecule is O=C(O)CC(c1cnc2n[nH]nc2c1)C(F)(F)F. The summed E-state index contributed by atoms with van der Waals surface area (Å²) in [5.41, 5.74) is 0.0911. The maximum Gasteiger partial charge on any atom is 0.396 e. The molecule has 0 bridgehead atoms. The first-order chi connectivity index (χ1) is 8.38. The fourth-order valence-corrected chi connectivity index (χ4v) is 1.54. The van der Waals surface area contributed by atoms with E-state index in [1.807, 2.05) is 0 Å². The average Bonchev–Trinajstić information content (AvgIpc) is 2.70. The van der Waals surface area contributed by atoms with E-state index in [4.69, 9.17) is 5.11 Å². The largest absolute Gasteiger partial charge is 0.481 e. The second-order valence-corrected chi connectivity index (χ2v) is 3.63. The Morgan fingerprint density at radius 2 is 2.17 bits per heavy atom. The number of aliphatic carboxylic acids is 1. The average molecular weight is 260 g/mol. The summed E-state index contributed by atoms with van der Waals surface area (Å²) in [7, 11) is 0. The van der Waals surface area contributed by atoms with Gasteiger partial charge < -0.3 is 5.11 Å². The van der Waals surface area contributed by atoms with Crippen LogP contribution in [-0.2, 0) is 4.79 Å². The normalized spacial score (nSPS) is 13.7. The number of hydrogen-bond acceptors (Lipinski definition) is 4. The first kappa shape index (κ1) is 12.3. The minimum absolute atomic E-state index is 0.159. The number of carbonyl (C=O) groups is 1. The molecule has 0 radical (unpaired) electrons. The topological polar surface area (TPSA) is 91.8 Å². The van der Waals surface area contributed by atoms with Gasteiger partial charge >= 0.3 is 12.1 Å². The maximum atomic E-state index is 12.8. The highest BCUT2D eigenvalue weighted by Crippen LogP contribution is 2.37. The van der Waals surface area contributed by atoms with Gasteiger partial charge in [-0.2, -0.15) is 23.5 Å². The molecule has 2 N–H and O–H groups in total. The smallest absolute Gasteiger partial charge is 0.396 e. The molecule has 0 aliphatic heterocycles. The van der Waals surface area contributed by atoms with Gasteiger partial charge in [-0.3, -0.25) is 4.79 Å². The number of nitrogens with zero attached hydrogens (tertiary/aromatic N) is 3. The fourth-order valence-electron chi connectivity index (χ4n) is 1.54. The molecule has 1 atom stereocenters. The first-order valence-corrected chi connectivity index (χ1v) is 4.83. The number of carboxylic acids is 1. The quantitative estimate of drug-likeness (QED) is 0.871. The molecule has 96 valence electrons. The van der Waals surface area contributed by atoms with Gasteiger partial charge in [0.25, 0.3) is 0 Å². The second-order valence-electron chi connectivity index (χ2n) is 3.63. The summed E-state index contributed by atoms with van der Waals surface area (Å²) in [6.45, 7) is 0. The lowest BCUT2D eigenvalue weighted by Gasteiger charge is -2.18. The van der Waals surface area contributed by atoms with E-state index < -0.39 is 24.5 Å². The zero-order valence-electron chi connectivity index (χ0n) is 8.77. The zero-order chi connectivity index (χ0) is 13.3. The number of carboxylic acid groups (broad SMARTS) is 1. The summed E-state index contributed by atoms with van der Waals surface area (Å²) in [5, 5.41) is 18.0. The van der Waals surface area contributed by atoms with Gasteiger partial charge in [0.15, 0.2) is 0 Å². The predicted octanol–water partition coefficient (Wildman–Crippen LogP) is 1.47. The van der Waals surface area contributed by atoms with Crippen LogP contribution in [0.1, 0.15) is 17.9 Å². The highest BCUT2D eigenvalue weighted by molar-refractivity contribution is 5.71. The third-order valence-corrected chi connectivity index (χ3v) is 2.37. The predicted molar refractivity (Wildman–Crippen MR) is 52.7 cm³/mol. The van der Waals surface area contributed by atoms with Crippen molar-refractivity contribution >= 4 is 17.1 Å². The molecule has 0 saturated heterocycles. The van der Waals surface area contributed by atoms with Crippen molar-refractivity contribution in [3.05, 3.63) is 17.8 Å². The summed E-state index contributed by atoms with van der Waals surface area (Å²) >= 11 is 0. The first-order valence-electron chi connectivity index (χ1n) is 4.83. The Morgan fingerprint density at radius 3 is 2.78 bits per heavy atom. The number of H-pyrrole nitrogens is 1. The molecular formula is C9H7F3N4O2. The number of hydrogen-bond donors (Lipinski definition) is 2. The van der Waals surface area contributed by atoms with Crippen LogP contribution in [0.2, 0.25) is 0 Å². The number of nitrogens with one attached hydrogen (secondary N) is 1. The van der Waals surface area contributed by atoms with Gasteiger partial charge in [0.1, 0.15) is 5.52 Å². The molecule has 0 spiro atoms. The molecule has 1 unspecified atom stereocenters. The lowest BCUT2D eigenvalue weighted by molar-refractivity contribution is -0.163. The van der Waals surface area contributed by atoms with Crippen molar-refractivity contribution in [1.82, 2.24) is 20.4 Å². The molecule has 0 amide bonds. The summed E-state index contributed by atoms with van der Waals surface area (Å²) in [5.74, 6) is -3.64. The molecule has 2 aromatic rings. The van der Waals surface area contributed by atoms with Gasteiger partial charge in [-0.15, -0.1) is 5.10 Å². The molecule has 0 fully saturated rings. The number of pyridine rings is 1. The van der Waals surface area contributed by atoms with Crippen LogP contribution in [0.4, 0.5) is 13.2 Å². The Balaban J connectivity index is 2.43. The van der Waals surface area contributed by atoms with Gasteiger partial charge in [-0.25, -0.2) is 4.98 Å². The standard InChI is InChI=1S/C9H7F3N4O2/c10-9(11,12)5(2-7(17)18)4-1-6-8(13-3-4)15-16-14-6/h1,3,5H,2H2,(H,17,18)(H,13,14,15,16). The lowest BCUT2D eigenvalue weighted by atomic mass is 9.96. The van der Waals surface area contributed by atoms with Crippen LogP contribution in [0.5, 0.6) is 0 Å². The van der Waals surface area contributed by atoms with Crippen LogP contribution in [0.3, 0.4) is 0 Å². The van der Waals surface area contributed by atoms with Crippen LogP contribution in [0, 0.1) is 0 Å². The molecule has 18 heavy (non-hydrogen) atoms. The van der Waals surface area contributed by atoms with E-state index in [2.05, 4.69) is 20.4 Å². The summed E-state index contributed by atoms with van der Waals surface area (Å²) in [6.07, 6.45) is -4.74. The second kappa shape index (κ2) is 4.24. The molecule has 0 aromatic carbocycles. The number of rotatable bonds is 3. The number of halogens is 3. The van der Waals surface area contributed by atoms with Crippen LogP contribution < -0.4 is 0 Å². The summed E-state index contributed by atoms with van der Waals surface area (Å²) in [6, 6.07) is 1.13. The van der Waals surface area contributed by atoms with Crippen LogP contribution in [0.15, 0.2) is 12.3 Å². The molecular weight excluding hydrogens is 253 g/mol. The van der Waals surface area contributed by atoms with Gasteiger partial charge in [0.2, 0.25) is 5.65 Å². The van der Waals surface area contributed by atoms with Crippen LogP contribution in [0.25, 0.3) is 11.2 Å².